The molecule has 2 aromatic rings. The Morgan fingerprint density at radius 1 is 0.867 bits per heavy atom. The van der Waals surface area contributed by atoms with E-state index >= 15 is 0 Å². The first-order valence-electron chi connectivity index (χ1n) is 9.63. The van der Waals surface area contributed by atoms with E-state index in [1.54, 1.807) is 24.3 Å². The highest BCUT2D eigenvalue weighted by Gasteiger charge is 2.31. The molecular weight excluding hydrogens is 407 g/mol. The van der Waals surface area contributed by atoms with Crippen molar-refractivity contribution >= 4 is 11.6 Å². The van der Waals surface area contributed by atoms with Crippen LogP contribution in [0.2, 0.25) is 0 Å². The number of carbonyl (C=O) groups excluding carboxylic acids is 1. The van der Waals surface area contributed by atoms with Gasteiger partial charge in [-0.15, -0.1) is 0 Å². The third kappa shape index (κ3) is 4.34. The summed E-state index contributed by atoms with van der Waals surface area (Å²) in [7, 11) is 0. The molecule has 9 heteroatoms. The molecule has 30 heavy (non-hydrogen) atoms. The Kier molecular flexibility index (Phi) is 6.79. The Hall–Kier alpha value is -2.84. The van der Waals surface area contributed by atoms with Crippen LogP contribution in [0.25, 0.3) is 0 Å². The summed E-state index contributed by atoms with van der Waals surface area (Å²) >= 11 is 0. The van der Waals surface area contributed by atoms with Gasteiger partial charge in [0.2, 0.25) is 5.82 Å². The minimum atomic E-state index is -2.19. The van der Waals surface area contributed by atoms with Crippen molar-refractivity contribution in [2.75, 3.05) is 37.7 Å². The zero-order valence-electron chi connectivity index (χ0n) is 16.4. The number of anilines is 1. The van der Waals surface area contributed by atoms with E-state index in [1.165, 1.54) is 4.90 Å². The maximum Gasteiger partial charge on any atom is 0.253 e. The van der Waals surface area contributed by atoms with Gasteiger partial charge in [0.15, 0.2) is 23.3 Å². The smallest absolute Gasteiger partial charge is 0.253 e. The van der Waals surface area contributed by atoms with Crippen LogP contribution in [0.15, 0.2) is 24.3 Å². The van der Waals surface area contributed by atoms with E-state index in [1.807, 2.05) is 0 Å². The normalized spacial score (nSPS) is 14.2. The molecule has 1 aliphatic heterocycles. The molecule has 3 rings (SSSR count). The molecule has 0 N–H and O–H groups in total. The monoisotopic (exact) mass is 428 g/mol. The van der Waals surface area contributed by atoms with Gasteiger partial charge in [0.25, 0.3) is 5.91 Å². The zero-order valence-corrected chi connectivity index (χ0v) is 16.4. The first-order valence-corrected chi connectivity index (χ1v) is 9.63. The molecule has 0 atom stereocenters. The second-order valence-corrected chi connectivity index (χ2v) is 6.92. The summed E-state index contributed by atoms with van der Waals surface area (Å²) in [6.07, 6.45) is 1.93. The predicted octanol–water partition coefficient (Wildman–Crippen LogP) is 4.52. The van der Waals surface area contributed by atoms with Crippen LogP contribution >= 0.6 is 0 Å². The summed E-state index contributed by atoms with van der Waals surface area (Å²) < 4.78 is 73.7. The first kappa shape index (κ1) is 21.9. The summed E-state index contributed by atoms with van der Waals surface area (Å²) in [5.41, 5.74) is -0.547. The molecule has 0 bridgehead atoms. The summed E-state index contributed by atoms with van der Waals surface area (Å²) in [6.45, 7) is 2.66. The number of ether oxygens (including phenoxy) is 1. The second-order valence-electron chi connectivity index (χ2n) is 6.92. The van der Waals surface area contributed by atoms with Crippen molar-refractivity contribution in [2.24, 2.45) is 0 Å². The van der Waals surface area contributed by atoms with Gasteiger partial charge in [0, 0.05) is 31.7 Å². The van der Waals surface area contributed by atoms with Crippen molar-refractivity contribution in [3.63, 3.8) is 0 Å². The molecule has 162 valence electrons. The molecule has 1 saturated heterocycles. The molecule has 0 unspecified atom stereocenters. The average Bonchev–Trinajstić information content (AvgIpc) is 2.77. The van der Waals surface area contributed by atoms with Crippen LogP contribution in [0, 0.1) is 29.1 Å². The second kappa shape index (κ2) is 9.32. The largest absolute Gasteiger partial charge is 0.494 e. The van der Waals surface area contributed by atoms with Crippen LogP contribution in [0.1, 0.15) is 30.1 Å². The summed E-state index contributed by atoms with van der Waals surface area (Å²) in [4.78, 5) is 15.2. The Labute approximate surface area is 170 Å². The molecule has 1 aliphatic rings. The van der Waals surface area contributed by atoms with Gasteiger partial charge in [0.1, 0.15) is 11.4 Å². The summed E-state index contributed by atoms with van der Waals surface area (Å²) in [6, 6.07) is 6.63. The van der Waals surface area contributed by atoms with Gasteiger partial charge in [-0.2, -0.15) is 0 Å². The minimum absolute atomic E-state index is 0.0672. The average molecular weight is 428 g/mol. The summed E-state index contributed by atoms with van der Waals surface area (Å²) in [5.74, 6) is -9.53. The Morgan fingerprint density at radius 2 is 1.40 bits per heavy atom. The van der Waals surface area contributed by atoms with Crippen LogP contribution in [0.3, 0.4) is 0 Å². The van der Waals surface area contributed by atoms with Crippen molar-refractivity contribution in [2.45, 2.75) is 19.8 Å². The van der Waals surface area contributed by atoms with Crippen molar-refractivity contribution in [3.8, 4) is 5.75 Å². The molecule has 0 spiro atoms. The number of halogens is 5. The fraction of sp³-hybridized carbons (Fsp3) is 0.381. The molecule has 0 aliphatic carbocycles. The number of unbranched alkanes of at least 4 members (excludes halogenated alkanes) is 1. The Bertz CT molecular complexity index is 884. The van der Waals surface area contributed by atoms with Crippen molar-refractivity contribution in [1.82, 2.24) is 4.90 Å². The number of carbonyl (C=O) groups is 1. The van der Waals surface area contributed by atoms with Crippen LogP contribution in [0.5, 0.6) is 5.75 Å². The van der Waals surface area contributed by atoms with Gasteiger partial charge in [-0.1, -0.05) is 13.3 Å². The zero-order chi connectivity index (χ0) is 21.8. The summed E-state index contributed by atoms with van der Waals surface area (Å²) in [5, 5.41) is 0. The fourth-order valence-corrected chi connectivity index (χ4v) is 3.21. The lowest BCUT2D eigenvalue weighted by molar-refractivity contribution is 0.0746. The van der Waals surface area contributed by atoms with Gasteiger partial charge < -0.3 is 14.5 Å². The maximum atomic E-state index is 14.0. The highest BCUT2D eigenvalue weighted by Crippen LogP contribution is 2.31. The van der Waals surface area contributed by atoms with E-state index in [0.717, 1.165) is 17.7 Å². The van der Waals surface area contributed by atoms with Crippen LogP contribution in [-0.2, 0) is 0 Å². The number of piperazine rings is 1. The molecule has 0 radical (unpaired) electrons. The quantitative estimate of drug-likeness (QED) is 0.294. The molecule has 2 aromatic carbocycles. The van der Waals surface area contributed by atoms with E-state index in [4.69, 9.17) is 4.74 Å². The topological polar surface area (TPSA) is 32.8 Å². The van der Waals surface area contributed by atoms with Crippen molar-refractivity contribution < 1.29 is 31.5 Å². The van der Waals surface area contributed by atoms with Crippen LogP contribution < -0.4 is 9.64 Å². The van der Waals surface area contributed by atoms with E-state index in [9.17, 15) is 26.7 Å². The number of rotatable bonds is 6. The minimum Gasteiger partial charge on any atom is -0.494 e. The molecule has 1 amide bonds. The van der Waals surface area contributed by atoms with Gasteiger partial charge in [0.05, 0.1) is 6.61 Å². The number of amides is 1. The van der Waals surface area contributed by atoms with E-state index in [0.29, 0.717) is 17.9 Å². The molecule has 4 nitrogen and oxygen atoms in total. The van der Waals surface area contributed by atoms with E-state index in [2.05, 4.69) is 6.92 Å². The molecule has 1 heterocycles. The Balaban J connectivity index is 1.65. The SMILES string of the molecule is CCCCOc1ccc(C(=O)N2CCN(c3c(F)c(F)c(F)c(F)c3F)CC2)cc1. The standard InChI is InChI=1S/C21H21F5N2O2/c1-2-3-12-30-14-6-4-13(5-7-14)21(29)28-10-8-27(9-11-28)20-18(25)16(23)15(22)17(24)19(20)26/h4-7H,2-3,8-12H2,1H3. The van der Waals surface area contributed by atoms with E-state index < -0.39 is 34.8 Å². The van der Waals surface area contributed by atoms with Crippen LogP contribution in [-0.4, -0.2) is 43.6 Å². The van der Waals surface area contributed by atoms with Crippen molar-refractivity contribution in [1.29, 1.82) is 0 Å². The lowest BCUT2D eigenvalue weighted by Gasteiger charge is -2.36. The Morgan fingerprint density at radius 3 is 1.93 bits per heavy atom. The predicted molar refractivity (Wildman–Crippen MR) is 101 cm³/mol. The highest BCUT2D eigenvalue weighted by molar-refractivity contribution is 5.94. The van der Waals surface area contributed by atoms with Gasteiger partial charge in [-0.25, -0.2) is 22.0 Å². The van der Waals surface area contributed by atoms with Gasteiger partial charge in [-0.3, -0.25) is 4.79 Å². The molecule has 0 aromatic heterocycles. The lowest BCUT2D eigenvalue weighted by Crippen LogP contribution is -2.49. The molecule has 1 fully saturated rings. The van der Waals surface area contributed by atoms with Gasteiger partial charge >= 0.3 is 0 Å². The lowest BCUT2D eigenvalue weighted by atomic mass is 10.1. The van der Waals surface area contributed by atoms with Gasteiger partial charge in [-0.05, 0) is 30.7 Å². The van der Waals surface area contributed by atoms with Crippen LogP contribution in [0.4, 0.5) is 27.6 Å². The number of hydrogen-bond donors (Lipinski definition) is 0. The third-order valence-electron chi connectivity index (χ3n) is 4.94. The molecular formula is C21H21F5N2O2. The number of hydrogen-bond acceptors (Lipinski definition) is 3. The highest BCUT2D eigenvalue weighted by atomic mass is 19.2. The fourth-order valence-electron chi connectivity index (χ4n) is 3.21. The first-order chi connectivity index (χ1) is 14.3. The van der Waals surface area contributed by atoms with E-state index in [-0.39, 0.29) is 32.1 Å². The van der Waals surface area contributed by atoms with Crippen molar-refractivity contribution in [3.05, 3.63) is 58.9 Å². The number of nitrogens with zero attached hydrogens (tertiary/aromatic N) is 2. The third-order valence-corrected chi connectivity index (χ3v) is 4.94. The number of benzene rings is 2. The molecule has 0 saturated carbocycles. The maximum absolute atomic E-state index is 14.0.